The quantitative estimate of drug-likeness (QED) is 0.312. The Hall–Kier alpha value is -3.67. The van der Waals surface area contributed by atoms with Crippen molar-refractivity contribution in [2.75, 3.05) is 0 Å². The molecule has 0 spiro atoms. The fraction of sp³-hybridized carbons (Fsp3) is 0.321. The summed E-state index contributed by atoms with van der Waals surface area (Å²) < 4.78 is 12.0. The first-order chi connectivity index (χ1) is 15.9. The number of hydrogen-bond acceptors (Lipinski definition) is 6. The van der Waals surface area contributed by atoms with Gasteiger partial charge in [0.2, 0.25) is 11.2 Å². The summed E-state index contributed by atoms with van der Waals surface area (Å²) in [5.74, 6) is -0.501. The number of phenols is 3. The summed E-state index contributed by atoms with van der Waals surface area (Å²) in [6, 6.07) is 1.60. The van der Waals surface area contributed by atoms with Gasteiger partial charge >= 0.3 is 0 Å². The first-order valence-corrected chi connectivity index (χ1v) is 11.3. The van der Waals surface area contributed by atoms with Crippen LogP contribution in [0.3, 0.4) is 0 Å². The van der Waals surface area contributed by atoms with E-state index in [1.165, 1.54) is 0 Å². The number of aromatic hydroxyl groups is 3. The number of phenolic OH excluding ortho intramolecular Hbond substituents is 3. The molecule has 6 nitrogen and oxygen atoms in total. The summed E-state index contributed by atoms with van der Waals surface area (Å²) >= 11 is 0. The third-order valence-electron chi connectivity index (χ3n) is 5.97. The van der Waals surface area contributed by atoms with Crippen LogP contribution in [0.4, 0.5) is 0 Å². The average molecular weight is 463 g/mol. The van der Waals surface area contributed by atoms with Crippen molar-refractivity contribution in [2.45, 2.75) is 60.0 Å². The second-order valence-electron chi connectivity index (χ2n) is 9.82. The first-order valence-electron chi connectivity index (χ1n) is 11.3. The zero-order valence-corrected chi connectivity index (χ0v) is 20.4. The molecule has 0 atom stereocenters. The highest BCUT2D eigenvalue weighted by Crippen LogP contribution is 2.46. The Labute approximate surface area is 198 Å². The molecule has 3 N–H and O–H groups in total. The standard InChI is InChI=1S/C28H30O6/c1-14(2)7-9-17-21(29)18(10-8-15(3)4)26-20(22(17)30)23(31)19-13-16-11-12-28(5,6)34-25(16)24(32)27(19)33-26/h7-8,11-13,29-30,32H,9-10H2,1-6H3. The predicted octanol–water partition coefficient (Wildman–Crippen LogP) is 6.26. The Morgan fingerprint density at radius 1 is 0.912 bits per heavy atom. The molecular weight excluding hydrogens is 432 g/mol. The van der Waals surface area contributed by atoms with Crippen molar-refractivity contribution in [1.82, 2.24) is 0 Å². The van der Waals surface area contributed by atoms with Crippen molar-refractivity contribution < 1.29 is 24.5 Å². The number of ether oxygens (including phenoxy) is 1. The average Bonchev–Trinajstić information content (AvgIpc) is 2.74. The lowest BCUT2D eigenvalue weighted by molar-refractivity contribution is 0.153. The van der Waals surface area contributed by atoms with E-state index < -0.39 is 11.0 Å². The Morgan fingerprint density at radius 2 is 1.53 bits per heavy atom. The molecule has 6 heteroatoms. The topological polar surface area (TPSA) is 100 Å². The summed E-state index contributed by atoms with van der Waals surface area (Å²) in [6.07, 6.45) is 7.96. The highest BCUT2D eigenvalue weighted by molar-refractivity contribution is 6.00. The molecule has 178 valence electrons. The van der Waals surface area contributed by atoms with Gasteiger partial charge in [-0.05, 0) is 66.5 Å². The van der Waals surface area contributed by atoms with E-state index in [-0.39, 0.29) is 56.9 Å². The lowest BCUT2D eigenvalue weighted by Crippen LogP contribution is -2.27. The molecule has 0 unspecified atom stereocenters. The van der Waals surface area contributed by atoms with Crippen LogP contribution in [0.5, 0.6) is 23.0 Å². The molecule has 0 aliphatic carbocycles. The van der Waals surface area contributed by atoms with Crippen molar-refractivity contribution in [3.8, 4) is 23.0 Å². The van der Waals surface area contributed by atoms with Crippen LogP contribution >= 0.6 is 0 Å². The van der Waals surface area contributed by atoms with Gasteiger partial charge in [-0.2, -0.15) is 0 Å². The molecule has 3 aromatic rings. The van der Waals surface area contributed by atoms with Gasteiger partial charge in [-0.1, -0.05) is 29.4 Å². The van der Waals surface area contributed by atoms with Gasteiger partial charge in [-0.3, -0.25) is 4.79 Å². The monoisotopic (exact) mass is 462 g/mol. The second-order valence-corrected chi connectivity index (χ2v) is 9.82. The molecule has 0 fully saturated rings. The Bertz CT molecular complexity index is 1470. The molecule has 0 amide bonds. The van der Waals surface area contributed by atoms with Gasteiger partial charge in [-0.15, -0.1) is 0 Å². The number of rotatable bonds is 4. The Balaban J connectivity index is 2.14. The lowest BCUT2D eigenvalue weighted by atomic mass is 9.95. The second kappa shape index (κ2) is 8.28. The van der Waals surface area contributed by atoms with Crippen molar-refractivity contribution >= 4 is 28.0 Å². The van der Waals surface area contributed by atoms with Crippen LogP contribution in [0.2, 0.25) is 0 Å². The normalized spacial score (nSPS) is 14.1. The first kappa shape index (κ1) is 23.5. The molecular formula is C28H30O6. The smallest absolute Gasteiger partial charge is 0.204 e. The molecule has 0 bridgehead atoms. The summed E-state index contributed by atoms with van der Waals surface area (Å²) in [6.45, 7) is 11.4. The van der Waals surface area contributed by atoms with E-state index >= 15 is 0 Å². The minimum Gasteiger partial charge on any atom is -0.507 e. The van der Waals surface area contributed by atoms with Crippen molar-refractivity contribution in [3.05, 3.63) is 62.4 Å². The summed E-state index contributed by atoms with van der Waals surface area (Å²) in [5, 5.41) is 33.3. The van der Waals surface area contributed by atoms with Crippen molar-refractivity contribution in [3.63, 3.8) is 0 Å². The maximum absolute atomic E-state index is 13.7. The van der Waals surface area contributed by atoms with E-state index in [0.717, 1.165) is 11.1 Å². The molecule has 4 rings (SSSR count). The van der Waals surface area contributed by atoms with E-state index in [9.17, 15) is 20.1 Å². The van der Waals surface area contributed by atoms with Crippen LogP contribution in [0, 0.1) is 0 Å². The third-order valence-corrected chi connectivity index (χ3v) is 5.97. The van der Waals surface area contributed by atoms with E-state index in [2.05, 4.69) is 0 Å². The lowest BCUT2D eigenvalue weighted by Gasteiger charge is -2.28. The fourth-order valence-corrected chi connectivity index (χ4v) is 4.11. The van der Waals surface area contributed by atoms with Crippen LogP contribution in [0.25, 0.3) is 28.0 Å². The van der Waals surface area contributed by atoms with Gasteiger partial charge in [0.1, 0.15) is 28.1 Å². The Kier molecular flexibility index (Phi) is 5.72. The highest BCUT2D eigenvalue weighted by Gasteiger charge is 2.29. The van der Waals surface area contributed by atoms with Crippen LogP contribution in [-0.2, 0) is 12.8 Å². The molecule has 2 aromatic carbocycles. The minimum atomic E-state index is -0.639. The van der Waals surface area contributed by atoms with Gasteiger partial charge in [0, 0.05) is 16.7 Å². The number of benzene rings is 2. The molecule has 1 aliphatic heterocycles. The van der Waals surface area contributed by atoms with E-state index in [1.54, 1.807) is 12.1 Å². The van der Waals surface area contributed by atoms with Crippen molar-refractivity contribution in [1.29, 1.82) is 0 Å². The van der Waals surface area contributed by atoms with Gasteiger partial charge < -0.3 is 24.5 Å². The van der Waals surface area contributed by atoms with Crippen LogP contribution in [-0.4, -0.2) is 20.9 Å². The van der Waals surface area contributed by atoms with E-state index in [4.69, 9.17) is 9.15 Å². The highest BCUT2D eigenvalue weighted by atomic mass is 16.5. The van der Waals surface area contributed by atoms with Crippen LogP contribution < -0.4 is 10.2 Å². The molecule has 0 saturated heterocycles. The van der Waals surface area contributed by atoms with Gasteiger partial charge in [0.05, 0.1) is 5.39 Å². The SMILES string of the molecule is CC(C)=CCc1c(O)c(CC=C(C)C)c2oc3c(O)c4c(cc3c(=O)c2c1O)C=CC(C)(C)O4. The fourth-order valence-electron chi connectivity index (χ4n) is 4.11. The van der Waals surface area contributed by atoms with E-state index in [0.29, 0.717) is 17.5 Å². The van der Waals surface area contributed by atoms with Gasteiger partial charge in [0.15, 0.2) is 11.3 Å². The molecule has 0 radical (unpaired) electrons. The maximum Gasteiger partial charge on any atom is 0.204 e. The summed E-state index contributed by atoms with van der Waals surface area (Å²) in [4.78, 5) is 13.7. The molecule has 34 heavy (non-hydrogen) atoms. The third kappa shape index (κ3) is 3.94. The molecule has 1 aliphatic rings. The number of hydrogen-bond donors (Lipinski definition) is 3. The van der Waals surface area contributed by atoms with Crippen LogP contribution in [0.15, 0.2) is 44.7 Å². The molecule has 2 heterocycles. The summed E-state index contributed by atoms with van der Waals surface area (Å²) in [5.41, 5.74) is 2.11. The number of allylic oxidation sites excluding steroid dienone is 4. The number of fused-ring (bicyclic) bond motifs is 3. The summed E-state index contributed by atoms with van der Waals surface area (Å²) in [7, 11) is 0. The predicted molar refractivity (Wildman–Crippen MR) is 135 cm³/mol. The maximum atomic E-state index is 13.7. The molecule has 1 aromatic heterocycles. The minimum absolute atomic E-state index is 0.0139. The zero-order valence-electron chi connectivity index (χ0n) is 20.4. The van der Waals surface area contributed by atoms with Crippen molar-refractivity contribution in [2.24, 2.45) is 0 Å². The van der Waals surface area contributed by atoms with Crippen LogP contribution in [0.1, 0.15) is 58.2 Å². The zero-order chi connectivity index (χ0) is 24.9. The Morgan fingerprint density at radius 3 is 2.15 bits per heavy atom. The molecule has 0 saturated carbocycles. The van der Waals surface area contributed by atoms with Gasteiger partial charge in [-0.25, -0.2) is 0 Å². The largest absolute Gasteiger partial charge is 0.507 e. The van der Waals surface area contributed by atoms with Gasteiger partial charge in [0.25, 0.3) is 0 Å². The van der Waals surface area contributed by atoms with E-state index in [1.807, 2.05) is 59.8 Å².